The highest BCUT2D eigenvalue weighted by molar-refractivity contribution is 6.17. The second-order valence-electron chi connectivity index (χ2n) is 9.27. The van der Waals surface area contributed by atoms with Gasteiger partial charge in [-0.05, 0) is 36.8 Å². The highest BCUT2D eigenvalue weighted by Crippen LogP contribution is 2.52. The molecule has 5 atom stereocenters. The van der Waals surface area contributed by atoms with Gasteiger partial charge in [-0.3, -0.25) is 14.4 Å². The van der Waals surface area contributed by atoms with Gasteiger partial charge in [0, 0.05) is 31.3 Å². The number of allylic oxidation sites excluding steroid dienone is 1. The molecule has 6 N–H and O–H groups in total. The molecule has 4 rings (SSSR count). The van der Waals surface area contributed by atoms with Crippen molar-refractivity contribution in [2.45, 2.75) is 31.0 Å². The number of Topliss-reactive ketones (excluding diaryl/α,β-unsaturated/α-hetero) is 2. The van der Waals surface area contributed by atoms with Gasteiger partial charge in [0.05, 0.1) is 18.8 Å². The quantitative estimate of drug-likeness (QED) is 0.285. The van der Waals surface area contributed by atoms with E-state index in [-0.39, 0.29) is 36.0 Å². The Balaban J connectivity index is 1.94. The summed E-state index contributed by atoms with van der Waals surface area (Å²) in [5, 5.41) is 43.5. The van der Waals surface area contributed by atoms with Crippen LogP contribution in [-0.4, -0.2) is 76.8 Å². The fourth-order valence-corrected chi connectivity index (χ4v) is 5.64. The number of fused-ring (bicyclic) bond motifs is 3. The van der Waals surface area contributed by atoms with Crippen molar-refractivity contribution in [3.05, 3.63) is 34.1 Å². The number of benzene rings is 1. The topological polar surface area (TPSA) is 188 Å². The first kappa shape index (κ1) is 23.7. The molecule has 182 valence electrons. The van der Waals surface area contributed by atoms with Gasteiger partial charge in [0.25, 0.3) is 0 Å². The van der Waals surface area contributed by atoms with Crippen LogP contribution in [0.15, 0.2) is 17.4 Å². The minimum absolute atomic E-state index is 0.0573. The molecule has 0 saturated heterocycles. The number of hydrogen-bond acceptors (Lipinski definition) is 10. The number of phenols is 1. The molecule has 0 aliphatic heterocycles. The molecule has 3 aliphatic carbocycles. The molecule has 1 saturated carbocycles. The number of rotatable bonds is 3. The average molecular weight is 474 g/mol. The van der Waals surface area contributed by atoms with Gasteiger partial charge in [0.15, 0.2) is 17.2 Å². The van der Waals surface area contributed by atoms with Crippen molar-refractivity contribution in [3.63, 3.8) is 0 Å². The fraction of sp³-hybridized carbons (Fsp3) is 0.478. The van der Waals surface area contributed by atoms with E-state index in [4.69, 9.17) is 10.5 Å². The van der Waals surface area contributed by atoms with Crippen LogP contribution < -0.4 is 10.6 Å². The Labute approximate surface area is 194 Å². The number of ketones is 2. The van der Waals surface area contributed by atoms with E-state index in [0.717, 1.165) is 7.11 Å². The van der Waals surface area contributed by atoms with E-state index >= 15 is 0 Å². The maximum absolute atomic E-state index is 13.6. The number of aliphatic hydroxyl groups excluding tert-OH is 2. The molecule has 11 nitrogen and oxygen atoms in total. The van der Waals surface area contributed by atoms with E-state index in [2.05, 4.69) is 0 Å². The summed E-state index contributed by atoms with van der Waals surface area (Å²) in [6.45, 7) is 0. The molecule has 1 amide bonds. The number of amides is 1. The van der Waals surface area contributed by atoms with E-state index in [1.54, 1.807) is 19.0 Å². The fourth-order valence-electron chi connectivity index (χ4n) is 5.64. The first-order chi connectivity index (χ1) is 15.9. The number of nitrogens with zero attached hydrogens (tertiary/aromatic N) is 1. The van der Waals surface area contributed by atoms with Gasteiger partial charge in [-0.25, -0.2) is 4.79 Å². The van der Waals surface area contributed by atoms with Crippen LogP contribution in [0.5, 0.6) is 5.75 Å². The molecule has 11 heteroatoms. The number of carbonyl (C=O) groups excluding carboxylic acids is 4. The average Bonchev–Trinajstić information content (AvgIpc) is 2.75. The third-order valence-corrected chi connectivity index (χ3v) is 7.25. The molecule has 0 radical (unpaired) electrons. The predicted molar refractivity (Wildman–Crippen MR) is 116 cm³/mol. The van der Waals surface area contributed by atoms with E-state index < -0.39 is 64.4 Å². The summed E-state index contributed by atoms with van der Waals surface area (Å²) in [6, 6.07) is 1.41. The van der Waals surface area contributed by atoms with E-state index in [1.165, 1.54) is 6.07 Å². The van der Waals surface area contributed by atoms with Crippen molar-refractivity contribution in [2.24, 2.45) is 23.5 Å². The number of anilines is 1. The maximum Gasteiger partial charge on any atom is 0.341 e. The molecule has 1 fully saturated rings. The summed E-state index contributed by atoms with van der Waals surface area (Å²) < 4.78 is 4.71. The molecule has 0 bridgehead atoms. The summed E-state index contributed by atoms with van der Waals surface area (Å²) in [7, 11) is 4.51. The van der Waals surface area contributed by atoms with E-state index in [1.807, 2.05) is 0 Å². The van der Waals surface area contributed by atoms with Crippen LogP contribution in [-0.2, 0) is 20.7 Å². The Morgan fingerprint density at radius 1 is 1.21 bits per heavy atom. The normalized spacial score (nSPS) is 30.3. The molecule has 1 aromatic rings. The van der Waals surface area contributed by atoms with Crippen LogP contribution in [0.3, 0.4) is 0 Å². The molecule has 1 aromatic carbocycles. The monoisotopic (exact) mass is 474 g/mol. The first-order valence-corrected chi connectivity index (χ1v) is 10.7. The Kier molecular flexibility index (Phi) is 5.45. The lowest BCUT2D eigenvalue weighted by molar-refractivity contribution is -0.167. The van der Waals surface area contributed by atoms with E-state index in [0.29, 0.717) is 11.3 Å². The molecule has 3 aliphatic rings. The Hall–Kier alpha value is -3.44. The number of aliphatic hydroxyl groups is 3. The summed E-state index contributed by atoms with van der Waals surface area (Å²) in [5.41, 5.74) is 2.81. The number of ether oxygens (including phenoxy) is 1. The second kappa shape index (κ2) is 7.81. The van der Waals surface area contributed by atoms with Crippen LogP contribution in [0, 0.1) is 17.8 Å². The Morgan fingerprint density at radius 3 is 2.41 bits per heavy atom. The van der Waals surface area contributed by atoms with Gasteiger partial charge in [-0.1, -0.05) is 0 Å². The lowest BCUT2D eigenvalue weighted by Gasteiger charge is -2.48. The van der Waals surface area contributed by atoms with E-state index in [9.17, 15) is 39.6 Å². The van der Waals surface area contributed by atoms with Gasteiger partial charge in [0.2, 0.25) is 5.91 Å². The van der Waals surface area contributed by atoms with Crippen LogP contribution in [0.25, 0.3) is 0 Å². The van der Waals surface area contributed by atoms with Gasteiger partial charge in [-0.2, -0.15) is 0 Å². The predicted octanol–water partition coefficient (Wildman–Crippen LogP) is -0.402. The largest absolute Gasteiger partial charge is 0.508 e. The third kappa shape index (κ3) is 3.03. The molecule has 34 heavy (non-hydrogen) atoms. The Morgan fingerprint density at radius 2 is 1.85 bits per heavy atom. The summed E-state index contributed by atoms with van der Waals surface area (Å²) in [6.07, 6.45) is -1.40. The van der Waals surface area contributed by atoms with Gasteiger partial charge in [-0.15, -0.1) is 0 Å². The van der Waals surface area contributed by atoms with Gasteiger partial charge < -0.3 is 35.8 Å². The van der Waals surface area contributed by atoms with Crippen molar-refractivity contribution in [3.8, 4) is 5.75 Å². The van der Waals surface area contributed by atoms with Crippen molar-refractivity contribution >= 4 is 29.1 Å². The van der Waals surface area contributed by atoms with Crippen molar-refractivity contribution in [1.29, 1.82) is 0 Å². The smallest absolute Gasteiger partial charge is 0.341 e. The summed E-state index contributed by atoms with van der Waals surface area (Å²) in [4.78, 5) is 52.3. The molecule has 0 aromatic heterocycles. The number of carbonyl (C=O) groups is 4. The van der Waals surface area contributed by atoms with Gasteiger partial charge in [0.1, 0.15) is 23.0 Å². The second-order valence-corrected chi connectivity index (χ2v) is 9.27. The van der Waals surface area contributed by atoms with Gasteiger partial charge >= 0.3 is 5.97 Å². The standard InChI is InChI=1S/C23H26N2O9/c1-25(2)12-7-11(22(32)34-3)17(27)15-10(12)5-8-4-9-6-13(26)16(21(24)31)20(30)23(9,33)19(29)14(8)18(15)28/h7-9,13,16,26-27,29,33H,4-6H2,1-3H3,(H2,24,31)/t8-,9+,13?,16?,23+/m1/s1. The number of hydrogen-bond donors (Lipinski definition) is 5. The molecular formula is C23H26N2O9. The first-order valence-electron chi connectivity index (χ1n) is 10.7. The molecule has 2 unspecified atom stereocenters. The van der Waals surface area contributed by atoms with Crippen LogP contribution in [0.1, 0.15) is 39.1 Å². The minimum atomic E-state index is -2.59. The number of methoxy groups -OCH3 is 1. The van der Waals surface area contributed by atoms with Crippen molar-refractivity contribution < 1.29 is 44.3 Å². The number of nitrogens with two attached hydrogens (primary N) is 1. The highest BCUT2D eigenvalue weighted by Gasteiger charge is 2.62. The SMILES string of the molecule is COC(=O)c1cc(N(C)C)c2c(c1O)C(=O)C1=C(O)[C@]3(O)C(=O)C(C(N)=O)C(O)C[C@@H]3C[C@@H]1C2. The third-order valence-electron chi connectivity index (χ3n) is 7.25. The number of primary amides is 1. The highest BCUT2D eigenvalue weighted by atomic mass is 16.5. The molecular weight excluding hydrogens is 448 g/mol. The van der Waals surface area contributed by atoms with Crippen LogP contribution in [0.2, 0.25) is 0 Å². The zero-order valence-electron chi connectivity index (χ0n) is 18.9. The summed E-state index contributed by atoms with van der Waals surface area (Å²) >= 11 is 0. The lowest BCUT2D eigenvalue weighted by Crippen LogP contribution is -2.63. The zero-order valence-corrected chi connectivity index (χ0v) is 18.9. The Bertz CT molecular complexity index is 1170. The molecule has 0 spiro atoms. The van der Waals surface area contributed by atoms with Crippen molar-refractivity contribution in [1.82, 2.24) is 0 Å². The minimum Gasteiger partial charge on any atom is -0.508 e. The van der Waals surface area contributed by atoms with Crippen LogP contribution in [0.4, 0.5) is 5.69 Å². The zero-order chi connectivity index (χ0) is 25.3. The van der Waals surface area contributed by atoms with Crippen molar-refractivity contribution in [2.75, 3.05) is 26.1 Å². The maximum atomic E-state index is 13.6. The summed E-state index contributed by atoms with van der Waals surface area (Å²) in [5.74, 6) is -8.94. The molecule has 0 heterocycles. The number of esters is 1. The van der Waals surface area contributed by atoms with Crippen LogP contribution >= 0.6 is 0 Å². The number of aromatic hydroxyl groups is 1. The number of phenolic OH excluding ortho intramolecular Hbond substituents is 1. The lowest BCUT2D eigenvalue weighted by atomic mass is 9.57.